The zero-order valence-electron chi connectivity index (χ0n) is 12.2. The van der Waals surface area contributed by atoms with E-state index in [0.29, 0.717) is 5.75 Å². The van der Waals surface area contributed by atoms with Gasteiger partial charge in [0.25, 0.3) is 0 Å². The molecule has 2 aromatic carbocycles. The summed E-state index contributed by atoms with van der Waals surface area (Å²) < 4.78 is 12.9. The van der Waals surface area contributed by atoms with Crippen LogP contribution in [0.3, 0.4) is 0 Å². The summed E-state index contributed by atoms with van der Waals surface area (Å²) in [6.45, 7) is 0.822. The average Bonchev–Trinajstić information content (AvgIpc) is 3.04. The largest absolute Gasteiger partial charge is 0.335 e. The van der Waals surface area contributed by atoms with Crippen molar-refractivity contribution in [2.24, 2.45) is 0 Å². The minimum Gasteiger partial charge on any atom is -0.335 e. The number of likely N-dealkylation sites (tertiary alicyclic amines) is 1. The summed E-state index contributed by atoms with van der Waals surface area (Å²) in [5.41, 5.74) is 1.21. The number of nitrogens with zero attached hydrogens (tertiary/aromatic N) is 1. The highest BCUT2D eigenvalue weighted by molar-refractivity contribution is 8.00. The molecule has 114 valence electrons. The first-order valence-electron chi connectivity index (χ1n) is 7.47. The van der Waals surface area contributed by atoms with E-state index < -0.39 is 0 Å². The summed E-state index contributed by atoms with van der Waals surface area (Å²) in [4.78, 5) is 15.4. The van der Waals surface area contributed by atoms with E-state index in [1.54, 1.807) is 12.1 Å². The molecule has 1 atom stereocenters. The van der Waals surface area contributed by atoms with Gasteiger partial charge in [-0.2, -0.15) is 0 Å². The topological polar surface area (TPSA) is 20.3 Å². The van der Waals surface area contributed by atoms with Crippen LogP contribution >= 0.6 is 11.8 Å². The third-order valence-corrected chi connectivity index (χ3v) is 4.93. The molecule has 2 nitrogen and oxygen atoms in total. The minimum absolute atomic E-state index is 0.153. The van der Waals surface area contributed by atoms with E-state index >= 15 is 0 Å². The monoisotopic (exact) mass is 315 g/mol. The Labute approximate surface area is 134 Å². The van der Waals surface area contributed by atoms with Crippen LogP contribution in [-0.2, 0) is 4.79 Å². The van der Waals surface area contributed by atoms with Crippen LogP contribution in [-0.4, -0.2) is 23.1 Å². The second kappa shape index (κ2) is 6.97. The van der Waals surface area contributed by atoms with E-state index in [9.17, 15) is 9.18 Å². The molecule has 0 spiro atoms. The van der Waals surface area contributed by atoms with Gasteiger partial charge in [0.2, 0.25) is 5.91 Å². The lowest BCUT2D eigenvalue weighted by Gasteiger charge is -2.25. The molecule has 0 bridgehead atoms. The van der Waals surface area contributed by atoms with Crippen molar-refractivity contribution in [3.8, 4) is 0 Å². The fourth-order valence-electron chi connectivity index (χ4n) is 2.85. The molecular weight excluding hydrogens is 297 g/mol. The Hall–Kier alpha value is -1.81. The molecule has 3 rings (SSSR count). The van der Waals surface area contributed by atoms with Crippen LogP contribution in [0.25, 0.3) is 0 Å². The number of carbonyl (C=O) groups excluding carboxylic acids is 1. The van der Waals surface area contributed by atoms with Crippen molar-refractivity contribution in [1.29, 1.82) is 0 Å². The summed E-state index contributed by atoms with van der Waals surface area (Å²) in [7, 11) is 0. The molecular formula is C18H18FNOS. The zero-order chi connectivity index (χ0) is 15.4. The Bertz CT molecular complexity index is 629. The number of amides is 1. The van der Waals surface area contributed by atoms with Gasteiger partial charge in [0.15, 0.2) is 0 Å². The summed E-state index contributed by atoms with van der Waals surface area (Å²) in [5.74, 6) is 0.301. The van der Waals surface area contributed by atoms with Crippen molar-refractivity contribution in [3.63, 3.8) is 0 Å². The molecule has 2 aromatic rings. The first-order chi connectivity index (χ1) is 10.7. The number of thioether (sulfide) groups is 1. The molecule has 1 aliphatic rings. The van der Waals surface area contributed by atoms with Crippen LogP contribution in [0.15, 0.2) is 59.5 Å². The highest BCUT2D eigenvalue weighted by Crippen LogP contribution is 2.32. The molecule has 0 aromatic heterocycles. The van der Waals surface area contributed by atoms with E-state index in [0.717, 1.165) is 24.3 Å². The molecule has 0 N–H and O–H groups in total. The third kappa shape index (κ3) is 3.50. The first kappa shape index (κ1) is 15.1. The lowest BCUT2D eigenvalue weighted by Crippen LogP contribution is -2.31. The highest BCUT2D eigenvalue weighted by atomic mass is 32.2. The van der Waals surface area contributed by atoms with Gasteiger partial charge in [-0.3, -0.25) is 4.79 Å². The quantitative estimate of drug-likeness (QED) is 0.785. The predicted octanol–water partition coefficient (Wildman–Crippen LogP) is 4.28. The zero-order valence-corrected chi connectivity index (χ0v) is 13.1. The van der Waals surface area contributed by atoms with Crippen molar-refractivity contribution in [2.75, 3.05) is 12.3 Å². The van der Waals surface area contributed by atoms with Crippen molar-refractivity contribution in [3.05, 3.63) is 66.0 Å². The van der Waals surface area contributed by atoms with E-state index in [4.69, 9.17) is 0 Å². The van der Waals surface area contributed by atoms with Crippen LogP contribution in [0.4, 0.5) is 4.39 Å². The number of benzene rings is 2. The van der Waals surface area contributed by atoms with E-state index in [1.165, 1.54) is 29.5 Å². The van der Waals surface area contributed by atoms with Crippen LogP contribution < -0.4 is 0 Å². The molecule has 22 heavy (non-hydrogen) atoms. The number of hydrogen-bond acceptors (Lipinski definition) is 2. The van der Waals surface area contributed by atoms with E-state index in [-0.39, 0.29) is 17.8 Å². The van der Waals surface area contributed by atoms with Gasteiger partial charge in [-0.05, 0) is 42.7 Å². The molecule has 1 aliphatic heterocycles. The average molecular weight is 315 g/mol. The molecule has 4 heteroatoms. The first-order valence-corrected chi connectivity index (χ1v) is 8.45. The molecule has 1 fully saturated rings. The third-order valence-electron chi connectivity index (χ3n) is 3.93. The number of halogens is 1. The Morgan fingerprint density at radius 3 is 2.59 bits per heavy atom. The normalized spacial score (nSPS) is 17.7. The maximum atomic E-state index is 12.9. The fraction of sp³-hybridized carbons (Fsp3) is 0.278. The molecule has 0 unspecified atom stereocenters. The van der Waals surface area contributed by atoms with Gasteiger partial charge in [0.05, 0.1) is 11.8 Å². The number of rotatable bonds is 4. The smallest absolute Gasteiger partial charge is 0.233 e. The predicted molar refractivity (Wildman–Crippen MR) is 87.3 cm³/mol. The lowest BCUT2D eigenvalue weighted by atomic mass is 10.0. The molecule has 0 saturated carbocycles. The van der Waals surface area contributed by atoms with Crippen molar-refractivity contribution in [2.45, 2.75) is 23.8 Å². The van der Waals surface area contributed by atoms with Crippen molar-refractivity contribution in [1.82, 2.24) is 4.90 Å². The summed E-state index contributed by atoms with van der Waals surface area (Å²) in [5, 5.41) is 0. The molecule has 0 aliphatic carbocycles. The van der Waals surface area contributed by atoms with Crippen LogP contribution in [0.5, 0.6) is 0 Å². The second-order valence-electron chi connectivity index (χ2n) is 5.40. The fourth-order valence-corrected chi connectivity index (χ4v) is 3.63. The Kier molecular flexibility index (Phi) is 4.78. The van der Waals surface area contributed by atoms with Gasteiger partial charge < -0.3 is 4.90 Å². The van der Waals surface area contributed by atoms with Crippen LogP contribution in [0.2, 0.25) is 0 Å². The van der Waals surface area contributed by atoms with Gasteiger partial charge in [-0.15, -0.1) is 11.8 Å². The van der Waals surface area contributed by atoms with Gasteiger partial charge in [0, 0.05) is 11.4 Å². The number of carbonyl (C=O) groups is 1. The summed E-state index contributed by atoms with van der Waals surface area (Å²) in [6, 6.07) is 16.7. The SMILES string of the molecule is O=C(CSc1ccc(F)cc1)N1CCC[C@H]1c1ccccc1. The van der Waals surface area contributed by atoms with Gasteiger partial charge >= 0.3 is 0 Å². The second-order valence-corrected chi connectivity index (χ2v) is 6.45. The maximum absolute atomic E-state index is 12.9. The molecule has 1 saturated heterocycles. The Balaban J connectivity index is 1.62. The van der Waals surface area contributed by atoms with Gasteiger partial charge in [-0.25, -0.2) is 4.39 Å². The van der Waals surface area contributed by atoms with Crippen molar-refractivity contribution >= 4 is 17.7 Å². The standard InChI is InChI=1S/C18H18FNOS/c19-15-8-10-16(11-9-15)22-13-18(21)20-12-4-7-17(20)14-5-2-1-3-6-14/h1-3,5-6,8-11,17H,4,7,12-13H2/t17-/m0/s1. The molecule has 0 radical (unpaired) electrons. The van der Waals surface area contributed by atoms with Crippen LogP contribution in [0, 0.1) is 5.82 Å². The summed E-state index contributed by atoms with van der Waals surface area (Å²) in [6.07, 6.45) is 2.07. The van der Waals surface area contributed by atoms with Crippen molar-refractivity contribution < 1.29 is 9.18 Å². The van der Waals surface area contributed by atoms with Gasteiger partial charge in [-0.1, -0.05) is 30.3 Å². The highest BCUT2D eigenvalue weighted by Gasteiger charge is 2.29. The minimum atomic E-state index is -0.251. The van der Waals surface area contributed by atoms with Gasteiger partial charge in [0.1, 0.15) is 5.82 Å². The van der Waals surface area contributed by atoms with Crippen LogP contribution in [0.1, 0.15) is 24.4 Å². The van der Waals surface area contributed by atoms with E-state index in [1.807, 2.05) is 23.1 Å². The lowest BCUT2D eigenvalue weighted by molar-refractivity contribution is -0.129. The Morgan fingerprint density at radius 2 is 1.86 bits per heavy atom. The Morgan fingerprint density at radius 1 is 1.14 bits per heavy atom. The maximum Gasteiger partial charge on any atom is 0.233 e. The molecule has 1 amide bonds. The van der Waals surface area contributed by atoms with E-state index in [2.05, 4.69) is 12.1 Å². The molecule has 1 heterocycles. The summed E-state index contributed by atoms with van der Waals surface area (Å²) >= 11 is 1.46. The number of hydrogen-bond donors (Lipinski definition) is 0.